The summed E-state index contributed by atoms with van der Waals surface area (Å²) in [6.07, 6.45) is 6.51. The molecule has 0 radical (unpaired) electrons. The third-order valence-electron chi connectivity index (χ3n) is 20.8. The number of rotatable bonds is 8. The van der Waals surface area contributed by atoms with Crippen LogP contribution in [0, 0.1) is 11.8 Å². The molecule has 7 heteroatoms. The molecule has 0 amide bonds. The van der Waals surface area contributed by atoms with Crippen LogP contribution in [0.1, 0.15) is 32.1 Å². The second-order valence-corrected chi connectivity index (χ2v) is 25.6. The van der Waals surface area contributed by atoms with E-state index in [1.165, 1.54) is 161 Å². The van der Waals surface area contributed by atoms with Crippen molar-refractivity contribution in [1.82, 2.24) is 0 Å². The summed E-state index contributed by atoms with van der Waals surface area (Å²) in [4.78, 5) is 13.5. The first-order valence-electron chi connectivity index (χ1n) is 31.8. The van der Waals surface area contributed by atoms with Crippen molar-refractivity contribution in [2.45, 2.75) is 44.2 Å². The first-order valence-corrected chi connectivity index (χ1v) is 31.8. The maximum atomic E-state index is 2.93. The van der Waals surface area contributed by atoms with E-state index in [-0.39, 0.29) is 13.4 Å². The molecule has 0 aromatic heterocycles. The Bertz CT molecular complexity index is 4650. The summed E-state index contributed by atoms with van der Waals surface area (Å²) in [6.45, 7) is -0.223. The molecule has 4 fully saturated rings. The summed E-state index contributed by atoms with van der Waals surface area (Å²) in [7, 11) is 0. The molecule has 5 nitrogen and oxygen atoms in total. The van der Waals surface area contributed by atoms with Gasteiger partial charge in [-0.15, -0.1) is 0 Å². The largest absolute Gasteiger partial charge is 0.365 e. The summed E-state index contributed by atoms with van der Waals surface area (Å²) in [5.41, 5.74) is 30.6. The topological polar surface area (TPSA) is 16.2 Å². The fourth-order valence-corrected chi connectivity index (χ4v) is 17.6. The number of hydrogen-bond donors (Lipinski definition) is 0. The van der Waals surface area contributed by atoms with Crippen molar-refractivity contribution in [3.8, 4) is 33.4 Å². The average molecular weight is 1130 g/mol. The van der Waals surface area contributed by atoms with Crippen LogP contribution in [0.15, 0.2) is 285 Å². The van der Waals surface area contributed by atoms with Crippen LogP contribution in [0.2, 0.25) is 0 Å². The van der Waals surface area contributed by atoms with E-state index in [1.54, 1.807) is 0 Å². The van der Waals surface area contributed by atoms with Gasteiger partial charge in [0.05, 0.1) is 5.69 Å². The molecule has 2 saturated heterocycles. The number of benzene rings is 12. The predicted octanol–water partition coefficient (Wildman–Crippen LogP) is 16.6. The van der Waals surface area contributed by atoms with Gasteiger partial charge in [0.1, 0.15) is 0 Å². The van der Waals surface area contributed by atoms with Gasteiger partial charge in [-0.05, 0) is 178 Å². The standard InChI is InChI=1S/C81H61B2N5/c1-7-24-55(25-8-1)58-47-75-79-76(48-58)87(61-34-17-6-18-35-61)73-52-74-70(51-69(73)82(79)67-38-19-21-40-71(67)85(75)59-30-13-4-14-31-59)83-68-39-20-22-41-72(68)86(60-32-15-5-16-33-60)77-49-64(84-62-43-53-42-54(45-62)46-63(84)44-53)50-78(80(77)83)88(74)81-65(56-26-9-2-10-27-56)36-23-37-66(81)57-28-11-3-12-29-57/h1-41,47-54,62-63H,42-46H2. The van der Waals surface area contributed by atoms with Crippen molar-refractivity contribution >= 4 is 120 Å². The quantitative estimate of drug-likeness (QED) is 0.141. The summed E-state index contributed by atoms with van der Waals surface area (Å²) < 4.78 is 0. The van der Waals surface area contributed by atoms with Gasteiger partial charge in [0.25, 0.3) is 13.4 Å². The van der Waals surface area contributed by atoms with Crippen molar-refractivity contribution in [2.75, 3.05) is 24.5 Å². The lowest BCUT2D eigenvalue weighted by molar-refractivity contribution is 0.0900. The van der Waals surface area contributed by atoms with Crippen LogP contribution in [-0.2, 0) is 0 Å². The Labute approximate surface area is 516 Å². The molecular formula is C81H61B2N5. The second-order valence-electron chi connectivity index (χ2n) is 25.6. The summed E-state index contributed by atoms with van der Waals surface area (Å²) in [5, 5.41) is 0. The van der Waals surface area contributed by atoms with Crippen LogP contribution < -0.4 is 57.3 Å². The fraction of sp³-hybridized carbons (Fsp3) is 0.111. The van der Waals surface area contributed by atoms with Gasteiger partial charge in [-0.3, -0.25) is 0 Å². The Balaban J connectivity index is 0.967. The molecule has 6 heterocycles. The molecule has 416 valence electrons. The lowest BCUT2D eigenvalue weighted by Crippen LogP contribution is -2.65. The minimum atomic E-state index is -0.115. The van der Waals surface area contributed by atoms with Crippen LogP contribution in [-0.4, -0.2) is 25.5 Å². The number of fused-ring (bicyclic) bond motifs is 8. The van der Waals surface area contributed by atoms with Gasteiger partial charge in [0.15, 0.2) is 0 Å². The lowest BCUT2D eigenvalue weighted by atomic mass is 9.30. The Morgan fingerprint density at radius 2 is 0.625 bits per heavy atom. The molecular weight excluding hydrogens is 1060 g/mol. The van der Waals surface area contributed by atoms with Crippen molar-refractivity contribution in [1.29, 1.82) is 0 Å². The summed E-state index contributed by atoms with van der Waals surface area (Å²) in [5.74, 6) is 1.64. The van der Waals surface area contributed by atoms with E-state index < -0.39 is 0 Å². The predicted molar refractivity (Wildman–Crippen MR) is 371 cm³/mol. The molecule has 2 aliphatic carbocycles. The average Bonchev–Trinajstić information content (AvgIpc) is 0.728. The minimum absolute atomic E-state index is 0.108. The van der Waals surface area contributed by atoms with Crippen molar-refractivity contribution < 1.29 is 0 Å². The molecule has 88 heavy (non-hydrogen) atoms. The Morgan fingerprint density at radius 3 is 1.09 bits per heavy atom. The van der Waals surface area contributed by atoms with Crippen molar-refractivity contribution in [2.24, 2.45) is 11.8 Å². The summed E-state index contributed by atoms with van der Waals surface area (Å²) >= 11 is 0. The Hall–Kier alpha value is -10.2. The first-order chi connectivity index (χ1) is 43.7. The zero-order valence-electron chi connectivity index (χ0n) is 48.9. The molecule has 0 unspecified atom stereocenters. The molecule has 8 aliphatic rings. The van der Waals surface area contributed by atoms with Crippen LogP contribution in [0.25, 0.3) is 33.4 Å². The highest BCUT2D eigenvalue weighted by Crippen LogP contribution is 2.56. The van der Waals surface area contributed by atoms with E-state index >= 15 is 0 Å². The van der Waals surface area contributed by atoms with Crippen molar-refractivity contribution in [3.63, 3.8) is 0 Å². The van der Waals surface area contributed by atoms with Gasteiger partial charge in [-0.1, -0.05) is 206 Å². The third kappa shape index (κ3) is 7.49. The highest BCUT2D eigenvalue weighted by Gasteiger charge is 2.51. The number of piperidine rings is 2. The van der Waals surface area contributed by atoms with Gasteiger partial charge in [-0.2, -0.15) is 0 Å². The molecule has 2 saturated carbocycles. The van der Waals surface area contributed by atoms with Crippen LogP contribution in [0.4, 0.5) is 73.9 Å². The number of para-hydroxylation sites is 6. The zero-order chi connectivity index (χ0) is 57.6. The third-order valence-corrected chi connectivity index (χ3v) is 20.8. The smallest absolute Gasteiger partial charge is 0.252 e. The molecule has 4 bridgehead atoms. The minimum Gasteiger partial charge on any atom is -0.365 e. The van der Waals surface area contributed by atoms with E-state index in [9.17, 15) is 0 Å². The molecule has 0 spiro atoms. The van der Waals surface area contributed by atoms with Crippen LogP contribution in [0.3, 0.4) is 0 Å². The molecule has 6 aliphatic heterocycles. The Kier molecular flexibility index (Phi) is 11.2. The maximum absolute atomic E-state index is 2.93. The van der Waals surface area contributed by atoms with E-state index in [1.807, 2.05) is 0 Å². The highest BCUT2D eigenvalue weighted by molar-refractivity contribution is 7.03. The van der Waals surface area contributed by atoms with Crippen LogP contribution >= 0.6 is 0 Å². The number of hydrogen-bond acceptors (Lipinski definition) is 5. The van der Waals surface area contributed by atoms with Crippen LogP contribution in [0.5, 0.6) is 0 Å². The molecule has 12 aromatic carbocycles. The molecule has 12 aromatic rings. The van der Waals surface area contributed by atoms with E-state index in [0.29, 0.717) is 12.1 Å². The van der Waals surface area contributed by atoms with Crippen molar-refractivity contribution in [3.05, 3.63) is 285 Å². The maximum Gasteiger partial charge on any atom is 0.252 e. The number of nitrogens with zero attached hydrogens (tertiary/aromatic N) is 5. The van der Waals surface area contributed by atoms with Gasteiger partial charge >= 0.3 is 0 Å². The van der Waals surface area contributed by atoms with Gasteiger partial charge in [-0.25, -0.2) is 0 Å². The van der Waals surface area contributed by atoms with Gasteiger partial charge < -0.3 is 24.5 Å². The Morgan fingerprint density at radius 1 is 0.250 bits per heavy atom. The monoisotopic (exact) mass is 1130 g/mol. The molecule has 0 N–H and O–H groups in total. The first kappa shape index (κ1) is 50.0. The fourth-order valence-electron chi connectivity index (χ4n) is 17.6. The molecule has 20 rings (SSSR count). The highest BCUT2D eigenvalue weighted by atomic mass is 15.2. The zero-order valence-corrected chi connectivity index (χ0v) is 48.9. The van der Waals surface area contributed by atoms with E-state index in [2.05, 4.69) is 310 Å². The SMILES string of the molecule is c1ccc(-c2cc3c4c(c2)N(c2ccccc2)c2cc5c(cc2B4c2ccccc2N3c2ccccc2)B2c3ccccc3N(c3ccccc3)c3cc(N4C6CC7CC(C6)CC4C7)cc(c32)N5c2c(-c3ccccc3)cccc2-c2ccccc2)cc1. The number of anilines is 13. The molecule has 0 atom stereocenters. The lowest BCUT2D eigenvalue weighted by Gasteiger charge is -2.58. The van der Waals surface area contributed by atoms with E-state index in [0.717, 1.165) is 23.2 Å². The van der Waals surface area contributed by atoms with Gasteiger partial charge in [0, 0.05) is 91.5 Å². The normalized spacial score (nSPS) is 18.5. The second kappa shape index (κ2) is 19.6. The van der Waals surface area contributed by atoms with Gasteiger partial charge in [0.2, 0.25) is 0 Å². The summed E-state index contributed by atoms with van der Waals surface area (Å²) in [6, 6.07) is 109. The van der Waals surface area contributed by atoms with E-state index in [4.69, 9.17) is 0 Å².